The van der Waals surface area contributed by atoms with Crippen LogP contribution in [0.3, 0.4) is 0 Å². The van der Waals surface area contributed by atoms with Crippen LogP contribution in [0.5, 0.6) is 0 Å². The molecule has 118 valence electrons. The lowest BCUT2D eigenvalue weighted by Crippen LogP contribution is -2.40. The molecule has 1 aromatic rings. The van der Waals surface area contributed by atoms with Gasteiger partial charge in [0.25, 0.3) is 0 Å². The molecule has 0 unspecified atom stereocenters. The molecule has 1 fully saturated rings. The van der Waals surface area contributed by atoms with E-state index in [1.54, 1.807) is 0 Å². The highest BCUT2D eigenvalue weighted by Gasteiger charge is 2.35. The Morgan fingerprint density at radius 2 is 1.95 bits per heavy atom. The van der Waals surface area contributed by atoms with Crippen LogP contribution in [0.2, 0.25) is 0 Å². The van der Waals surface area contributed by atoms with E-state index in [0.29, 0.717) is 24.9 Å². The molecule has 2 heterocycles. The first-order chi connectivity index (χ1) is 9.75. The van der Waals surface area contributed by atoms with Gasteiger partial charge in [-0.15, -0.1) is 0 Å². The maximum Gasteiger partial charge on any atom is 0.357 e. The molecule has 1 aliphatic heterocycles. The number of aryl methyl sites for hydroxylation is 1. The van der Waals surface area contributed by atoms with E-state index in [1.807, 2.05) is 0 Å². The first-order valence-electron chi connectivity index (χ1n) is 7.03. The standard InChI is InChI=1S/C13H21N3O4S/c1-8(2)10-4-6-16(7-5-10)21(19,20)12-9(3)14-15-11(12)13(17)18/h8,10H,4-7H2,1-3H3,(H,14,15)(H,17,18). The minimum Gasteiger partial charge on any atom is -0.476 e. The van der Waals surface area contributed by atoms with Crippen molar-refractivity contribution in [1.29, 1.82) is 0 Å². The van der Waals surface area contributed by atoms with Crippen LogP contribution in [0.4, 0.5) is 0 Å². The van der Waals surface area contributed by atoms with Crippen molar-refractivity contribution in [3.8, 4) is 0 Å². The third kappa shape index (κ3) is 2.96. The van der Waals surface area contributed by atoms with Gasteiger partial charge in [0.2, 0.25) is 10.0 Å². The highest BCUT2D eigenvalue weighted by atomic mass is 32.2. The zero-order valence-corrected chi connectivity index (χ0v) is 13.3. The summed E-state index contributed by atoms with van der Waals surface area (Å²) >= 11 is 0. The minimum absolute atomic E-state index is 0.210. The van der Waals surface area contributed by atoms with Gasteiger partial charge in [0.15, 0.2) is 5.69 Å². The van der Waals surface area contributed by atoms with E-state index in [0.717, 1.165) is 12.8 Å². The molecule has 1 saturated heterocycles. The number of hydrogen-bond donors (Lipinski definition) is 2. The molecular weight excluding hydrogens is 294 g/mol. The summed E-state index contributed by atoms with van der Waals surface area (Å²) in [5, 5.41) is 15.1. The fourth-order valence-electron chi connectivity index (χ4n) is 2.79. The largest absolute Gasteiger partial charge is 0.476 e. The smallest absolute Gasteiger partial charge is 0.357 e. The molecule has 0 aliphatic carbocycles. The number of piperidine rings is 1. The summed E-state index contributed by atoms with van der Waals surface area (Å²) in [4.78, 5) is 10.9. The van der Waals surface area contributed by atoms with Gasteiger partial charge in [-0.25, -0.2) is 13.2 Å². The van der Waals surface area contributed by atoms with Gasteiger partial charge >= 0.3 is 5.97 Å². The summed E-state index contributed by atoms with van der Waals surface area (Å²) in [6.45, 7) is 6.64. The molecule has 0 saturated carbocycles. The van der Waals surface area contributed by atoms with E-state index >= 15 is 0 Å². The van der Waals surface area contributed by atoms with Crippen molar-refractivity contribution in [3.63, 3.8) is 0 Å². The maximum atomic E-state index is 12.7. The number of aromatic amines is 1. The first kappa shape index (κ1) is 16.0. The Morgan fingerprint density at radius 3 is 2.43 bits per heavy atom. The van der Waals surface area contributed by atoms with Gasteiger partial charge in [-0.1, -0.05) is 13.8 Å². The fraction of sp³-hybridized carbons (Fsp3) is 0.692. The summed E-state index contributed by atoms with van der Waals surface area (Å²) in [6.07, 6.45) is 1.60. The third-order valence-electron chi connectivity index (χ3n) is 4.13. The lowest BCUT2D eigenvalue weighted by atomic mass is 9.87. The number of nitrogens with one attached hydrogen (secondary N) is 1. The number of rotatable bonds is 4. The van der Waals surface area contributed by atoms with Crippen LogP contribution in [0, 0.1) is 18.8 Å². The molecule has 0 radical (unpaired) electrons. The van der Waals surface area contributed by atoms with E-state index in [-0.39, 0.29) is 10.6 Å². The third-order valence-corrected chi connectivity index (χ3v) is 6.19. The van der Waals surface area contributed by atoms with Crippen LogP contribution < -0.4 is 0 Å². The van der Waals surface area contributed by atoms with Gasteiger partial charge in [-0.2, -0.15) is 9.40 Å². The highest BCUT2D eigenvalue weighted by Crippen LogP contribution is 2.29. The highest BCUT2D eigenvalue weighted by molar-refractivity contribution is 7.89. The second-order valence-corrected chi connectivity index (χ2v) is 7.69. The average molecular weight is 315 g/mol. The van der Waals surface area contributed by atoms with Crippen molar-refractivity contribution in [2.75, 3.05) is 13.1 Å². The number of sulfonamides is 1. The van der Waals surface area contributed by atoms with E-state index < -0.39 is 21.7 Å². The molecule has 8 heteroatoms. The SMILES string of the molecule is Cc1[nH]nc(C(=O)O)c1S(=O)(=O)N1CCC(C(C)C)CC1. The zero-order valence-electron chi connectivity index (χ0n) is 12.5. The number of carbonyl (C=O) groups is 1. The molecule has 1 aliphatic rings. The summed E-state index contributed by atoms with van der Waals surface area (Å²) < 4.78 is 26.7. The van der Waals surface area contributed by atoms with Crippen LogP contribution in [0.15, 0.2) is 4.90 Å². The lowest BCUT2D eigenvalue weighted by Gasteiger charge is -2.33. The second kappa shape index (κ2) is 5.76. The molecule has 0 spiro atoms. The van der Waals surface area contributed by atoms with Crippen LogP contribution >= 0.6 is 0 Å². The van der Waals surface area contributed by atoms with Gasteiger partial charge < -0.3 is 5.11 Å². The molecule has 21 heavy (non-hydrogen) atoms. The number of nitrogens with zero attached hydrogens (tertiary/aromatic N) is 2. The summed E-state index contributed by atoms with van der Waals surface area (Å²) in [6, 6.07) is 0. The molecule has 7 nitrogen and oxygen atoms in total. The quantitative estimate of drug-likeness (QED) is 0.875. The molecule has 0 aromatic carbocycles. The fourth-order valence-corrected chi connectivity index (χ4v) is 4.55. The van der Waals surface area contributed by atoms with Gasteiger partial charge in [-0.05, 0) is 31.6 Å². The Hall–Kier alpha value is -1.41. The van der Waals surface area contributed by atoms with E-state index in [9.17, 15) is 13.2 Å². The van der Waals surface area contributed by atoms with Crippen LogP contribution in [0.25, 0.3) is 0 Å². The number of carboxylic acid groups (broad SMARTS) is 1. The van der Waals surface area contributed by atoms with Gasteiger partial charge in [0.1, 0.15) is 4.90 Å². The Bertz CT molecular complexity index is 628. The molecule has 2 rings (SSSR count). The number of hydrogen-bond acceptors (Lipinski definition) is 4. The predicted octanol–water partition coefficient (Wildman–Crippen LogP) is 1.47. The van der Waals surface area contributed by atoms with Crippen molar-refractivity contribution in [2.24, 2.45) is 11.8 Å². The average Bonchev–Trinajstić information content (AvgIpc) is 2.81. The molecule has 1 aromatic heterocycles. The molecule has 0 bridgehead atoms. The topological polar surface area (TPSA) is 103 Å². The first-order valence-corrected chi connectivity index (χ1v) is 8.47. The van der Waals surface area contributed by atoms with Crippen molar-refractivity contribution in [2.45, 2.75) is 38.5 Å². The van der Waals surface area contributed by atoms with Gasteiger partial charge in [0.05, 0.1) is 5.69 Å². The number of aromatic nitrogens is 2. The number of carboxylic acids is 1. The van der Waals surface area contributed by atoms with Crippen LogP contribution in [0.1, 0.15) is 42.9 Å². The van der Waals surface area contributed by atoms with E-state index in [1.165, 1.54) is 11.2 Å². The zero-order chi connectivity index (χ0) is 15.8. The van der Waals surface area contributed by atoms with Crippen molar-refractivity contribution < 1.29 is 18.3 Å². The Kier molecular flexibility index (Phi) is 4.38. The van der Waals surface area contributed by atoms with E-state index in [2.05, 4.69) is 24.0 Å². The van der Waals surface area contributed by atoms with Crippen LogP contribution in [-0.4, -0.2) is 47.1 Å². The molecular formula is C13H21N3O4S. The predicted molar refractivity (Wildman–Crippen MR) is 76.6 cm³/mol. The summed E-state index contributed by atoms with van der Waals surface area (Å²) in [5.74, 6) is -0.295. The lowest BCUT2D eigenvalue weighted by molar-refractivity contribution is 0.0686. The Labute approximate surface area is 124 Å². The minimum atomic E-state index is -3.82. The number of aromatic carboxylic acids is 1. The normalized spacial score (nSPS) is 18.3. The second-order valence-electron chi connectivity index (χ2n) is 5.82. The van der Waals surface area contributed by atoms with Crippen molar-refractivity contribution in [1.82, 2.24) is 14.5 Å². The van der Waals surface area contributed by atoms with Gasteiger partial charge in [0, 0.05) is 13.1 Å². The Morgan fingerprint density at radius 1 is 1.38 bits per heavy atom. The summed E-state index contributed by atoms with van der Waals surface area (Å²) in [7, 11) is -3.82. The monoisotopic (exact) mass is 315 g/mol. The van der Waals surface area contributed by atoms with Crippen LogP contribution in [-0.2, 0) is 10.0 Å². The molecule has 2 N–H and O–H groups in total. The van der Waals surface area contributed by atoms with Gasteiger partial charge in [-0.3, -0.25) is 5.10 Å². The molecule has 0 atom stereocenters. The number of H-pyrrole nitrogens is 1. The van der Waals surface area contributed by atoms with Crippen molar-refractivity contribution >= 4 is 16.0 Å². The Balaban J connectivity index is 2.28. The summed E-state index contributed by atoms with van der Waals surface area (Å²) in [5.41, 5.74) is -0.170. The van der Waals surface area contributed by atoms with E-state index in [4.69, 9.17) is 5.11 Å². The molecule has 0 amide bonds. The van der Waals surface area contributed by atoms with Crippen molar-refractivity contribution in [3.05, 3.63) is 11.4 Å². The maximum absolute atomic E-state index is 12.7.